The molecule has 160 valence electrons. The van der Waals surface area contributed by atoms with Crippen molar-refractivity contribution in [2.24, 2.45) is 0 Å². The molecule has 30 heavy (non-hydrogen) atoms. The van der Waals surface area contributed by atoms with Crippen molar-refractivity contribution in [3.63, 3.8) is 0 Å². The van der Waals surface area contributed by atoms with Crippen LogP contribution in [0.1, 0.15) is 63.5 Å². The molecule has 0 N–H and O–H groups in total. The third-order valence-corrected chi connectivity index (χ3v) is 5.22. The molecule has 0 bridgehead atoms. The summed E-state index contributed by atoms with van der Waals surface area (Å²) in [5.41, 5.74) is 2.09. The minimum Gasteiger partial charge on any atom is -0.459 e. The van der Waals surface area contributed by atoms with Gasteiger partial charge < -0.3 is 9.47 Å². The predicted molar refractivity (Wildman–Crippen MR) is 119 cm³/mol. The lowest BCUT2D eigenvalue weighted by molar-refractivity contribution is -0.152. The molecular weight excluding hydrogens is 376 g/mol. The second-order valence-electron chi connectivity index (χ2n) is 8.01. The molecule has 0 aromatic heterocycles. The van der Waals surface area contributed by atoms with E-state index in [0.717, 1.165) is 0 Å². The Morgan fingerprint density at radius 3 is 1.37 bits per heavy atom. The van der Waals surface area contributed by atoms with Crippen molar-refractivity contribution in [3.8, 4) is 0 Å². The minimum atomic E-state index is -0.726. The zero-order chi connectivity index (χ0) is 22.1. The van der Waals surface area contributed by atoms with Crippen LogP contribution in [-0.4, -0.2) is 24.1 Å². The predicted octanol–water partition coefficient (Wildman–Crippen LogP) is 5.79. The average Bonchev–Trinajstić information content (AvgIpc) is 2.74. The summed E-state index contributed by atoms with van der Waals surface area (Å²) in [6.07, 6.45) is 0.632. The van der Waals surface area contributed by atoms with Gasteiger partial charge >= 0.3 is 11.9 Å². The van der Waals surface area contributed by atoms with Crippen molar-refractivity contribution in [1.82, 2.24) is 0 Å². The summed E-state index contributed by atoms with van der Waals surface area (Å²) in [4.78, 5) is 24.6. The van der Waals surface area contributed by atoms with E-state index in [9.17, 15) is 9.59 Å². The molecule has 0 heterocycles. The summed E-state index contributed by atoms with van der Waals surface area (Å²) in [5, 5.41) is 0. The van der Waals surface area contributed by atoms with Gasteiger partial charge in [0, 0.05) is 0 Å². The van der Waals surface area contributed by atoms with Crippen LogP contribution >= 0.6 is 0 Å². The Hall–Kier alpha value is -2.88. The maximum absolute atomic E-state index is 12.3. The van der Waals surface area contributed by atoms with Crippen molar-refractivity contribution in [3.05, 3.63) is 83.9 Å². The molecule has 0 amide bonds. The van der Waals surface area contributed by atoms with E-state index in [-0.39, 0.29) is 29.6 Å². The molecule has 0 saturated carbocycles. The third kappa shape index (κ3) is 7.18. The van der Waals surface area contributed by atoms with E-state index in [1.54, 1.807) is 0 Å². The van der Waals surface area contributed by atoms with Crippen LogP contribution in [0.5, 0.6) is 0 Å². The molecule has 0 radical (unpaired) electrons. The number of benzene rings is 2. The molecule has 4 unspecified atom stereocenters. The SMILES string of the molecule is C=C(C(=O)OC(C)CC(C)c1ccccc1)C(=O)OC(C)CC(C)c1ccccc1. The standard InChI is InChI=1S/C26H32O4/c1-18(23-12-8-6-9-13-23)16-20(3)29-25(27)22(5)26(28)30-21(4)17-19(2)24-14-10-7-11-15-24/h6-15,18-21H,5,16-17H2,1-4H3. The topological polar surface area (TPSA) is 52.6 Å². The summed E-state index contributed by atoms with van der Waals surface area (Å²) >= 11 is 0. The minimum absolute atomic E-state index is 0.230. The van der Waals surface area contributed by atoms with Gasteiger partial charge in [0.15, 0.2) is 0 Å². The highest BCUT2D eigenvalue weighted by Crippen LogP contribution is 2.23. The monoisotopic (exact) mass is 408 g/mol. The van der Waals surface area contributed by atoms with Gasteiger partial charge in [-0.1, -0.05) is 81.1 Å². The van der Waals surface area contributed by atoms with Crippen LogP contribution in [0.3, 0.4) is 0 Å². The van der Waals surface area contributed by atoms with E-state index in [1.807, 2.05) is 74.5 Å². The lowest BCUT2D eigenvalue weighted by atomic mass is 9.95. The van der Waals surface area contributed by atoms with Gasteiger partial charge in [-0.05, 0) is 49.7 Å². The highest BCUT2D eigenvalue weighted by Gasteiger charge is 2.24. The van der Waals surface area contributed by atoms with Gasteiger partial charge in [0.1, 0.15) is 5.57 Å². The van der Waals surface area contributed by atoms with Crippen LogP contribution in [0.2, 0.25) is 0 Å². The van der Waals surface area contributed by atoms with Crippen LogP contribution in [0, 0.1) is 0 Å². The van der Waals surface area contributed by atoms with E-state index in [2.05, 4.69) is 20.4 Å². The normalized spacial score (nSPS) is 14.8. The van der Waals surface area contributed by atoms with Crippen molar-refractivity contribution < 1.29 is 19.1 Å². The molecule has 0 aliphatic carbocycles. The number of hydrogen-bond donors (Lipinski definition) is 0. The van der Waals surface area contributed by atoms with Crippen molar-refractivity contribution >= 4 is 11.9 Å². The van der Waals surface area contributed by atoms with Crippen LogP contribution in [0.25, 0.3) is 0 Å². The molecule has 4 atom stereocenters. The second-order valence-corrected chi connectivity index (χ2v) is 8.01. The molecule has 0 spiro atoms. The summed E-state index contributed by atoms with van der Waals surface area (Å²) in [6.45, 7) is 11.4. The zero-order valence-corrected chi connectivity index (χ0v) is 18.3. The smallest absolute Gasteiger partial charge is 0.345 e. The molecule has 0 fully saturated rings. The molecule has 4 nitrogen and oxygen atoms in total. The lowest BCUT2D eigenvalue weighted by Gasteiger charge is -2.20. The molecule has 2 rings (SSSR count). The van der Waals surface area contributed by atoms with E-state index in [0.29, 0.717) is 12.8 Å². The summed E-state index contributed by atoms with van der Waals surface area (Å²) in [6, 6.07) is 20.1. The first-order valence-electron chi connectivity index (χ1n) is 10.5. The number of esters is 2. The fraction of sp³-hybridized carbons (Fsp3) is 0.385. The molecule has 0 aliphatic heterocycles. The quantitative estimate of drug-likeness (QED) is 0.216. The highest BCUT2D eigenvalue weighted by atomic mass is 16.6. The fourth-order valence-electron chi connectivity index (χ4n) is 3.52. The molecule has 4 heteroatoms. The van der Waals surface area contributed by atoms with E-state index in [4.69, 9.17) is 9.47 Å². The van der Waals surface area contributed by atoms with Crippen molar-refractivity contribution in [2.75, 3.05) is 0 Å². The first-order chi connectivity index (χ1) is 14.3. The van der Waals surface area contributed by atoms with Gasteiger partial charge in [-0.2, -0.15) is 0 Å². The number of ether oxygens (including phenoxy) is 2. The number of carbonyl (C=O) groups is 2. The third-order valence-electron chi connectivity index (χ3n) is 5.22. The van der Waals surface area contributed by atoms with Crippen LogP contribution in [-0.2, 0) is 19.1 Å². The Balaban J connectivity index is 1.80. The van der Waals surface area contributed by atoms with Gasteiger partial charge in [0.05, 0.1) is 12.2 Å². The Morgan fingerprint density at radius 1 is 0.700 bits per heavy atom. The Bertz CT molecular complexity index is 759. The van der Waals surface area contributed by atoms with Gasteiger partial charge in [0.25, 0.3) is 0 Å². The van der Waals surface area contributed by atoms with Crippen LogP contribution < -0.4 is 0 Å². The zero-order valence-electron chi connectivity index (χ0n) is 18.3. The first-order valence-corrected chi connectivity index (χ1v) is 10.5. The van der Waals surface area contributed by atoms with Crippen LogP contribution in [0.4, 0.5) is 0 Å². The van der Waals surface area contributed by atoms with Crippen molar-refractivity contribution in [1.29, 1.82) is 0 Å². The average molecular weight is 409 g/mol. The van der Waals surface area contributed by atoms with Gasteiger partial charge in [-0.15, -0.1) is 0 Å². The van der Waals surface area contributed by atoms with E-state index in [1.165, 1.54) is 11.1 Å². The van der Waals surface area contributed by atoms with Crippen molar-refractivity contribution in [2.45, 2.75) is 64.6 Å². The van der Waals surface area contributed by atoms with E-state index >= 15 is 0 Å². The Kier molecular flexibility index (Phi) is 8.85. The van der Waals surface area contributed by atoms with Crippen LogP contribution in [0.15, 0.2) is 72.8 Å². The lowest BCUT2D eigenvalue weighted by Crippen LogP contribution is -2.25. The summed E-state index contributed by atoms with van der Waals surface area (Å²) < 4.78 is 10.8. The Morgan fingerprint density at radius 2 is 1.03 bits per heavy atom. The summed E-state index contributed by atoms with van der Waals surface area (Å²) in [7, 11) is 0. The largest absolute Gasteiger partial charge is 0.459 e. The molecular formula is C26H32O4. The molecule has 2 aromatic rings. The number of rotatable bonds is 10. The maximum Gasteiger partial charge on any atom is 0.345 e. The number of hydrogen-bond acceptors (Lipinski definition) is 4. The molecule has 0 saturated heterocycles. The van der Waals surface area contributed by atoms with Gasteiger partial charge in [-0.3, -0.25) is 0 Å². The van der Waals surface area contributed by atoms with Gasteiger partial charge in [0.2, 0.25) is 0 Å². The Labute approximate surface area is 179 Å². The van der Waals surface area contributed by atoms with E-state index < -0.39 is 11.9 Å². The van der Waals surface area contributed by atoms with Gasteiger partial charge in [-0.25, -0.2) is 9.59 Å². The summed E-state index contributed by atoms with van der Waals surface area (Å²) in [5.74, 6) is -0.991. The number of carbonyl (C=O) groups excluding carboxylic acids is 2. The molecule has 0 aliphatic rings. The maximum atomic E-state index is 12.3. The highest BCUT2D eigenvalue weighted by molar-refractivity contribution is 6.13. The molecule has 2 aromatic carbocycles. The second kappa shape index (κ2) is 11.3. The fourth-order valence-corrected chi connectivity index (χ4v) is 3.52. The first kappa shape index (κ1) is 23.4.